The number of ether oxygens (including phenoxy) is 1. The summed E-state index contributed by atoms with van der Waals surface area (Å²) in [5.74, 6) is -1.88. The number of carboxylic acid groups (broad SMARTS) is 1. The van der Waals surface area contributed by atoms with Gasteiger partial charge in [-0.2, -0.15) is 8.78 Å². The van der Waals surface area contributed by atoms with Crippen LogP contribution in [0.3, 0.4) is 0 Å². The van der Waals surface area contributed by atoms with Crippen molar-refractivity contribution in [3.05, 3.63) is 27.7 Å². The number of carbonyl (C=O) groups is 1. The maximum atomic E-state index is 11.9. The van der Waals surface area contributed by atoms with Crippen molar-refractivity contribution in [3.63, 3.8) is 0 Å². The Kier molecular flexibility index (Phi) is 4.50. The lowest BCUT2D eigenvalue weighted by atomic mass is 10.1. The molecule has 1 unspecified atom stereocenters. The predicted molar refractivity (Wildman–Crippen MR) is 55.7 cm³/mol. The van der Waals surface area contributed by atoms with Crippen molar-refractivity contribution in [2.75, 3.05) is 0 Å². The summed E-state index contributed by atoms with van der Waals surface area (Å²) in [6, 6.07) is 1.89. The van der Waals surface area contributed by atoms with Gasteiger partial charge in [0, 0.05) is 5.56 Å². The van der Waals surface area contributed by atoms with Gasteiger partial charge in [-0.3, -0.25) is 0 Å². The summed E-state index contributed by atoms with van der Waals surface area (Å²) in [4.78, 5) is 10.5. The third kappa shape index (κ3) is 3.42. The minimum Gasteiger partial charge on any atom is -0.479 e. The van der Waals surface area contributed by atoms with Gasteiger partial charge in [0.05, 0.1) is 10.0 Å². The van der Waals surface area contributed by atoms with Gasteiger partial charge < -0.3 is 14.9 Å². The van der Waals surface area contributed by atoms with Gasteiger partial charge in [-0.05, 0) is 12.1 Å². The normalized spacial score (nSPS) is 12.6. The maximum Gasteiger partial charge on any atom is 0.387 e. The molecule has 0 aliphatic heterocycles. The van der Waals surface area contributed by atoms with Crippen LogP contribution in [0.15, 0.2) is 12.1 Å². The number of rotatable bonds is 4. The zero-order valence-electron chi connectivity index (χ0n) is 8.03. The first kappa shape index (κ1) is 14.0. The van der Waals surface area contributed by atoms with E-state index in [9.17, 15) is 18.7 Å². The van der Waals surface area contributed by atoms with E-state index in [1.165, 1.54) is 0 Å². The van der Waals surface area contributed by atoms with Gasteiger partial charge in [0.1, 0.15) is 5.75 Å². The first-order valence-electron chi connectivity index (χ1n) is 4.17. The minimum atomic E-state index is -3.06. The third-order valence-corrected chi connectivity index (χ3v) is 2.41. The molecule has 1 aromatic rings. The predicted octanol–water partition coefficient (Wildman–Crippen LogP) is 2.71. The van der Waals surface area contributed by atoms with Crippen molar-refractivity contribution in [2.24, 2.45) is 0 Å². The van der Waals surface area contributed by atoms with Crippen LogP contribution in [0.5, 0.6) is 5.75 Å². The molecule has 4 nitrogen and oxygen atoms in total. The Labute approximate surface area is 104 Å². The van der Waals surface area contributed by atoms with Crippen LogP contribution in [-0.2, 0) is 4.79 Å². The van der Waals surface area contributed by atoms with Gasteiger partial charge in [0.2, 0.25) is 0 Å². The number of hydrogen-bond donors (Lipinski definition) is 2. The van der Waals surface area contributed by atoms with Gasteiger partial charge in [-0.15, -0.1) is 0 Å². The molecule has 0 aromatic heterocycles. The van der Waals surface area contributed by atoms with E-state index in [4.69, 9.17) is 28.3 Å². The molecule has 0 fully saturated rings. The smallest absolute Gasteiger partial charge is 0.387 e. The van der Waals surface area contributed by atoms with Crippen LogP contribution in [0.4, 0.5) is 8.78 Å². The van der Waals surface area contributed by atoms with Crippen LogP contribution in [0, 0.1) is 0 Å². The van der Waals surface area contributed by atoms with Crippen molar-refractivity contribution >= 4 is 29.2 Å². The standard InChI is InChI=1S/C9H6Cl2F2O4/c10-4-1-3(17-9(12)13)2-5(11)6(4)7(14)8(15)16/h1-2,7,9,14H,(H,15,16). The molecule has 0 spiro atoms. The Morgan fingerprint density at radius 2 is 1.76 bits per heavy atom. The van der Waals surface area contributed by atoms with E-state index in [1.807, 2.05) is 0 Å². The molecule has 1 atom stereocenters. The lowest BCUT2D eigenvalue weighted by molar-refractivity contribution is -0.146. The van der Waals surface area contributed by atoms with E-state index in [0.29, 0.717) is 0 Å². The topological polar surface area (TPSA) is 66.8 Å². The van der Waals surface area contributed by atoms with Crippen molar-refractivity contribution in [1.82, 2.24) is 0 Å². The van der Waals surface area contributed by atoms with Crippen LogP contribution in [0.1, 0.15) is 11.7 Å². The highest BCUT2D eigenvalue weighted by atomic mass is 35.5. The van der Waals surface area contributed by atoms with E-state index >= 15 is 0 Å². The average molecular weight is 287 g/mol. The zero-order chi connectivity index (χ0) is 13.2. The Morgan fingerprint density at radius 1 is 1.29 bits per heavy atom. The highest BCUT2D eigenvalue weighted by Crippen LogP contribution is 2.35. The first-order valence-corrected chi connectivity index (χ1v) is 4.93. The van der Waals surface area contributed by atoms with Crippen LogP contribution in [-0.4, -0.2) is 22.8 Å². The lowest BCUT2D eigenvalue weighted by Gasteiger charge is -2.12. The molecule has 0 saturated heterocycles. The fourth-order valence-corrected chi connectivity index (χ4v) is 1.79. The highest BCUT2D eigenvalue weighted by Gasteiger charge is 2.23. The number of benzene rings is 1. The lowest BCUT2D eigenvalue weighted by Crippen LogP contribution is -2.12. The molecule has 0 amide bonds. The Hall–Kier alpha value is -1.11. The summed E-state index contributed by atoms with van der Waals surface area (Å²) in [7, 11) is 0. The molecule has 2 N–H and O–H groups in total. The molecular weight excluding hydrogens is 281 g/mol. The van der Waals surface area contributed by atoms with Crippen molar-refractivity contribution in [3.8, 4) is 5.75 Å². The first-order chi connectivity index (χ1) is 7.82. The number of carboxylic acids is 1. The average Bonchev–Trinajstić information content (AvgIpc) is 2.14. The van der Waals surface area contributed by atoms with Crippen LogP contribution in [0.25, 0.3) is 0 Å². The molecular formula is C9H6Cl2F2O4. The van der Waals surface area contributed by atoms with Gasteiger partial charge in [0.25, 0.3) is 0 Å². The Bertz CT molecular complexity index is 416. The Balaban J connectivity index is 3.14. The number of hydrogen-bond acceptors (Lipinski definition) is 3. The SMILES string of the molecule is O=C(O)C(O)c1c(Cl)cc(OC(F)F)cc1Cl. The van der Waals surface area contributed by atoms with Crippen molar-refractivity contribution < 1.29 is 28.5 Å². The fraction of sp³-hybridized carbons (Fsp3) is 0.222. The summed E-state index contributed by atoms with van der Waals surface area (Å²) >= 11 is 11.2. The van der Waals surface area contributed by atoms with Crippen LogP contribution >= 0.6 is 23.2 Å². The zero-order valence-corrected chi connectivity index (χ0v) is 9.54. The number of aliphatic carboxylic acids is 1. The summed E-state index contributed by atoms with van der Waals surface area (Å²) in [6.45, 7) is -3.06. The second kappa shape index (κ2) is 5.48. The Morgan fingerprint density at radius 3 is 2.12 bits per heavy atom. The molecule has 0 aliphatic carbocycles. The summed E-state index contributed by atoms with van der Waals surface area (Å²) in [5, 5.41) is 17.3. The van der Waals surface area contributed by atoms with Crippen LogP contribution < -0.4 is 4.74 Å². The van der Waals surface area contributed by atoms with Gasteiger partial charge in [0.15, 0.2) is 6.10 Å². The second-order valence-electron chi connectivity index (χ2n) is 2.92. The minimum absolute atomic E-state index is 0.275. The van der Waals surface area contributed by atoms with E-state index in [-0.39, 0.29) is 21.4 Å². The molecule has 1 rings (SSSR count). The molecule has 0 bridgehead atoms. The van der Waals surface area contributed by atoms with Crippen molar-refractivity contribution in [1.29, 1.82) is 0 Å². The maximum absolute atomic E-state index is 11.9. The molecule has 17 heavy (non-hydrogen) atoms. The van der Waals surface area contributed by atoms with Gasteiger partial charge in [-0.25, -0.2) is 4.79 Å². The number of aliphatic hydroxyl groups excluding tert-OH is 1. The molecule has 0 saturated carbocycles. The summed E-state index contributed by atoms with van der Waals surface area (Å²) in [6.07, 6.45) is -1.93. The van der Waals surface area contributed by atoms with Gasteiger partial charge in [-0.1, -0.05) is 23.2 Å². The largest absolute Gasteiger partial charge is 0.479 e. The van der Waals surface area contributed by atoms with Crippen molar-refractivity contribution in [2.45, 2.75) is 12.7 Å². The number of aliphatic hydroxyl groups is 1. The summed E-state index contributed by atoms with van der Waals surface area (Å²) < 4.78 is 27.9. The fourth-order valence-electron chi connectivity index (χ4n) is 1.12. The highest BCUT2D eigenvalue weighted by molar-refractivity contribution is 6.36. The molecule has 0 heterocycles. The quantitative estimate of drug-likeness (QED) is 0.893. The van der Waals surface area contributed by atoms with E-state index in [1.54, 1.807) is 0 Å². The third-order valence-electron chi connectivity index (χ3n) is 1.79. The molecule has 8 heteroatoms. The van der Waals surface area contributed by atoms with E-state index in [2.05, 4.69) is 4.74 Å². The monoisotopic (exact) mass is 286 g/mol. The molecule has 1 aromatic carbocycles. The second-order valence-corrected chi connectivity index (χ2v) is 3.73. The molecule has 0 radical (unpaired) electrons. The van der Waals surface area contributed by atoms with Crippen LogP contribution in [0.2, 0.25) is 10.0 Å². The summed E-state index contributed by atoms with van der Waals surface area (Å²) in [5.41, 5.74) is -0.276. The number of alkyl halides is 2. The number of halogens is 4. The molecule has 0 aliphatic rings. The van der Waals surface area contributed by atoms with Gasteiger partial charge >= 0.3 is 12.6 Å². The van der Waals surface area contributed by atoms with E-state index < -0.39 is 18.7 Å². The van der Waals surface area contributed by atoms with E-state index in [0.717, 1.165) is 12.1 Å². The molecule has 94 valence electrons.